The highest BCUT2D eigenvalue weighted by atomic mass is 15.2. The topological polar surface area (TPSA) is 9.72 Å². The van der Waals surface area contributed by atoms with Gasteiger partial charge in [0.15, 0.2) is 0 Å². The van der Waals surface area contributed by atoms with Crippen LogP contribution in [0.5, 0.6) is 0 Å². The molecule has 60 heavy (non-hydrogen) atoms. The molecule has 3 nitrogen and oxygen atoms in total. The van der Waals surface area contributed by atoms with E-state index in [1.54, 1.807) is 0 Å². The number of nitrogens with zero attached hydrogens (tertiary/aromatic N) is 3. The van der Waals surface area contributed by atoms with Crippen LogP contribution in [0.15, 0.2) is 237 Å². The van der Waals surface area contributed by atoms with Crippen LogP contribution in [0.4, 0.5) is 51.2 Å². The average Bonchev–Trinajstić information content (AvgIpc) is 3.54. The summed E-state index contributed by atoms with van der Waals surface area (Å²) >= 11 is 0. The second kappa shape index (κ2) is 15.6. The van der Waals surface area contributed by atoms with E-state index in [1.807, 2.05) is 0 Å². The zero-order valence-electron chi connectivity index (χ0n) is 33.9. The van der Waals surface area contributed by atoms with Crippen LogP contribution in [0.2, 0.25) is 0 Å². The third kappa shape index (κ3) is 6.70. The summed E-state index contributed by atoms with van der Waals surface area (Å²) in [6.07, 6.45) is 0. The van der Waals surface area contributed by atoms with Gasteiger partial charge in [-0.3, -0.25) is 0 Å². The molecule has 1 aliphatic rings. The molecule has 3 heteroatoms. The Kier molecular flexibility index (Phi) is 9.55. The van der Waals surface area contributed by atoms with E-state index in [1.165, 1.54) is 33.4 Å². The molecular weight excluding hydrogens is 727 g/mol. The van der Waals surface area contributed by atoms with Gasteiger partial charge < -0.3 is 14.7 Å². The Bertz CT molecular complexity index is 2870. The zero-order chi connectivity index (χ0) is 40.5. The van der Waals surface area contributed by atoms with Crippen molar-refractivity contribution in [3.8, 4) is 22.3 Å². The van der Waals surface area contributed by atoms with E-state index in [4.69, 9.17) is 0 Å². The molecule has 9 aromatic rings. The van der Waals surface area contributed by atoms with Crippen LogP contribution < -0.4 is 14.7 Å². The molecule has 0 amide bonds. The SMILES string of the molecule is CC1(C)c2ccccc2-c2ccc(N(c3cccc(N(c4ccccc4)c4ccccc4)c3)c3cccc(N(c4ccccc4)c4ccccc4-c4ccccc4)c3)cc21. The summed E-state index contributed by atoms with van der Waals surface area (Å²) in [5.41, 5.74) is 17.2. The van der Waals surface area contributed by atoms with Gasteiger partial charge in [-0.05, 0) is 119 Å². The Hall–Kier alpha value is -7.62. The van der Waals surface area contributed by atoms with E-state index >= 15 is 0 Å². The molecule has 0 fully saturated rings. The summed E-state index contributed by atoms with van der Waals surface area (Å²) in [6.45, 7) is 4.71. The first kappa shape index (κ1) is 36.7. The normalized spacial score (nSPS) is 12.3. The maximum absolute atomic E-state index is 2.42. The first-order chi connectivity index (χ1) is 29.5. The van der Waals surface area contributed by atoms with Crippen molar-refractivity contribution in [2.45, 2.75) is 19.3 Å². The molecule has 0 radical (unpaired) electrons. The van der Waals surface area contributed by atoms with Crippen molar-refractivity contribution in [2.75, 3.05) is 14.7 Å². The van der Waals surface area contributed by atoms with Gasteiger partial charge in [-0.15, -0.1) is 0 Å². The van der Waals surface area contributed by atoms with Crippen LogP contribution in [-0.4, -0.2) is 0 Å². The van der Waals surface area contributed by atoms with Gasteiger partial charge >= 0.3 is 0 Å². The Morgan fingerprint density at radius 3 is 1.22 bits per heavy atom. The Morgan fingerprint density at radius 2 is 0.650 bits per heavy atom. The van der Waals surface area contributed by atoms with E-state index < -0.39 is 0 Å². The Morgan fingerprint density at radius 1 is 0.267 bits per heavy atom. The largest absolute Gasteiger partial charge is 0.310 e. The fraction of sp³-hybridized carbons (Fsp3) is 0.0526. The van der Waals surface area contributed by atoms with Crippen LogP contribution in [0.3, 0.4) is 0 Å². The van der Waals surface area contributed by atoms with Gasteiger partial charge in [0.25, 0.3) is 0 Å². The van der Waals surface area contributed by atoms with Crippen molar-refractivity contribution in [1.82, 2.24) is 0 Å². The lowest BCUT2D eigenvalue weighted by Crippen LogP contribution is -2.17. The molecule has 10 rings (SSSR count). The average molecular weight is 772 g/mol. The van der Waals surface area contributed by atoms with Crippen molar-refractivity contribution in [3.63, 3.8) is 0 Å². The first-order valence-electron chi connectivity index (χ1n) is 20.7. The second-order valence-corrected chi connectivity index (χ2v) is 15.8. The highest BCUT2D eigenvalue weighted by Gasteiger charge is 2.36. The van der Waals surface area contributed by atoms with E-state index in [2.05, 4.69) is 265 Å². The smallest absolute Gasteiger partial charge is 0.0540 e. The van der Waals surface area contributed by atoms with E-state index in [-0.39, 0.29) is 5.41 Å². The summed E-state index contributed by atoms with van der Waals surface area (Å²) in [5, 5.41) is 0. The highest BCUT2D eigenvalue weighted by Crippen LogP contribution is 2.51. The number of benzene rings is 9. The molecule has 0 aliphatic heterocycles. The molecule has 0 bridgehead atoms. The van der Waals surface area contributed by atoms with Gasteiger partial charge in [-0.2, -0.15) is 0 Å². The molecule has 0 heterocycles. The maximum atomic E-state index is 2.42. The number of para-hydroxylation sites is 4. The third-order valence-corrected chi connectivity index (χ3v) is 11.8. The zero-order valence-corrected chi connectivity index (χ0v) is 33.9. The van der Waals surface area contributed by atoms with Crippen LogP contribution in [0.25, 0.3) is 22.3 Å². The number of rotatable bonds is 10. The minimum atomic E-state index is -0.153. The van der Waals surface area contributed by atoms with Crippen molar-refractivity contribution in [3.05, 3.63) is 248 Å². The minimum absolute atomic E-state index is 0.153. The molecule has 0 saturated heterocycles. The van der Waals surface area contributed by atoms with Crippen LogP contribution in [0.1, 0.15) is 25.0 Å². The van der Waals surface area contributed by atoms with Crippen molar-refractivity contribution in [2.24, 2.45) is 0 Å². The molecule has 9 aromatic carbocycles. The van der Waals surface area contributed by atoms with E-state index in [9.17, 15) is 0 Å². The molecule has 0 aromatic heterocycles. The summed E-state index contributed by atoms with van der Waals surface area (Å²) < 4.78 is 0. The van der Waals surface area contributed by atoms with Gasteiger partial charge in [0.1, 0.15) is 0 Å². The van der Waals surface area contributed by atoms with Gasteiger partial charge in [-0.1, -0.05) is 159 Å². The minimum Gasteiger partial charge on any atom is -0.310 e. The number of fused-ring (bicyclic) bond motifs is 3. The van der Waals surface area contributed by atoms with Crippen LogP contribution in [-0.2, 0) is 5.41 Å². The molecule has 0 unspecified atom stereocenters. The summed E-state index contributed by atoms with van der Waals surface area (Å²) in [6, 6.07) is 85.2. The maximum Gasteiger partial charge on any atom is 0.0540 e. The van der Waals surface area contributed by atoms with E-state index in [0.717, 1.165) is 51.2 Å². The molecule has 0 N–H and O–H groups in total. The third-order valence-electron chi connectivity index (χ3n) is 11.8. The number of hydrogen-bond donors (Lipinski definition) is 0. The fourth-order valence-corrected chi connectivity index (χ4v) is 8.96. The van der Waals surface area contributed by atoms with Crippen molar-refractivity contribution < 1.29 is 0 Å². The second-order valence-electron chi connectivity index (χ2n) is 15.8. The van der Waals surface area contributed by atoms with Crippen LogP contribution in [0, 0.1) is 0 Å². The molecule has 0 atom stereocenters. The van der Waals surface area contributed by atoms with Gasteiger partial charge in [0.2, 0.25) is 0 Å². The van der Waals surface area contributed by atoms with E-state index in [0.29, 0.717) is 0 Å². The molecule has 1 aliphatic carbocycles. The summed E-state index contributed by atoms with van der Waals surface area (Å²) in [4.78, 5) is 7.14. The number of hydrogen-bond acceptors (Lipinski definition) is 3. The lowest BCUT2D eigenvalue weighted by atomic mass is 9.82. The predicted octanol–water partition coefficient (Wildman–Crippen LogP) is 16.1. The fourth-order valence-electron chi connectivity index (χ4n) is 8.96. The van der Waals surface area contributed by atoms with Gasteiger partial charge in [0.05, 0.1) is 5.69 Å². The number of anilines is 9. The van der Waals surface area contributed by atoms with Crippen molar-refractivity contribution >= 4 is 51.2 Å². The molecule has 0 spiro atoms. The monoisotopic (exact) mass is 771 g/mol. The predicted molar refractivity (Wildman–Crippen MR) is 253 cm³/mol. The first-order valence-corrected chi connectivity index (χ1v) is 20.7. The molecule has 0 saturated carbocycles. The Balaban J connectivity index is 1.17. The lowest BCUT2D eigenvalue weighted by molar-refractivity contribution is 0.660. The highest BCUT2D eigenvalue weighted by molar-refractivity contribution is 5.91. The molecule has 288 valence electrons. The Labute approximate surface area is 353 Å². The lowest BCUT2D eigenvalue weighted by Gasteiger charge is -2.32. The van der Waals surface area contributed by atoms with Gasteiger partial charge in [-0.25, -0.2) is 0 Å². The molecular formula is C57H45N3. The quantitative estimate of drug-likeness (QED) is 0.137. The van der Waals surface area contributed by atoms with Gasteiger partial charge in [0, 0.05) is 56.5 Å². The van der Waals surface area contributed by atoms with Crippen LogP contribution >= 0.6 is 0 Å². The standard InChI is InChI=1S/C57H45N3/c1-57(2)54-35-17-15-34-52(54)53-38-37-50(41-55(53)57)59(47-30-19-29-46(39-47)58(43-23-9-4-10-24-43)44-25-11-5-12-26-44)48-31-20-32-49(40-48)60(45-27-13-6-14-28-45)56-36-18-16-33-51(56)42-21-7-3-8-22-42/h3-41H,1-2H3. The summed E-state index contributed by atoms with van der Waals surface area (Å²) in [5.74, 6) is 0. The van der Waals surface area contributed by atoms with Crippen molar-refractivity contribution in [1.29, 1.82) is 0 Å². The summed E-state index contributed by atoms with van der Waals surface area (Å²) in [7, 11) is 0.